The van der Waals surface area contributed by atoms with E-state index in [9.17, 15) is 18.0 Å². The number of cyclic esters (lactones) is 1. The Morgan fingerprint density at radius 1 is 1.08 bits per heavy atom. The molecular weight excluding hydrogens is 394 g/mol. The number of ether oxygens (including phenoxy) is 2. The van der Waals surface area contributed by atoms with Crippen molar-refractivity contribution in [2.24, 2.45) is 4.99 Å². The zero-order valence-corrected chi connectivity index (χ0v) is 14.2. The summed E-state index contributed by atoms with van der Waals surface area (Å²) in [5.74, 6) is -1.06. The van der Waals surface area contributed by atoms with Crippen LogP contribution in [-0.2, 0) is 9.53 Å². The summed E-state index contributed by atoms with van der Waals surface area (Å²) in [5, 5.41) is 0.680. The first-order valence-corrected chi connectivity index (χ1v) is 7.81. The minimum atomic E-state index is -4.77. The number of carbonyl (C=O) groups is 1. The monoisotopic (exact) mass is 401 g/mol. The first kappa shape index (κ1) is 18.3. The van der Waals surface area contributed by atoms with E-state index in [0.717, 1.165) is 12.1 Å². The second-order valence-corrected chi connectivity index (χ2v) is 5.92. The van der Waals surface area contributed by atoms with Gasteiger partial charge in [-0.3, -0.25) is 0 Å². The molecule has 1 aliphatic heterocycles. The number of carbonyl (C=O) groups excluding carboxylic acids is 1. The van der Waals surface area contributed by atoms with Gasteiger partial charge in [-0.25, -0.2) is 9.79 Å². The lowest BCUT2D eigenvalue weighted by atomic mass is 10.2. The Bertz CT molecular complexity index is 922. The van der Waals surface area contributed by atoms with Crippen LogP contribution in [-0.4, -0.2) is 18.2 Å². The minimum Gasteiger partial charge on any atom is -0.406 e. The fourth-order valence-electron chi connectivity index (χ4n) is 2.11. The Hall–Kier alpha value is -2.51. The number of esters is 1. The maximum atomic E-state index is 12.2. The van der Waals surface area contributed by atoms with Gasteiger partial charge < -0.3 is 9.47 Å². The molecule has 1 heterocycles. The lowest BCUT2D eigenvalue weighted by Crippen LogP contribution is -2.16. The molecule has 0 unspecified atom stereocenters. The van der Waals surface area contributed by atoms with Crippen molar-refractivity contribution in [3.63, 3.8) is 0 Å². The lowest BCUT2D eigenvalue weighted by molar-refractivity contribution is -0.274. The maximum Gasteiger partial charge on any atom is 0.573 e. The minimum absolute atomic E-state index is 0.0138. The van der Waals surface area contributed by atoms with Crippen LogP contribution in [0.1, 0.15) is 11.1 Å². The molecule has 9 heteroatoms. The summed E-state index contributed by atoms with van der Waals surface area (Å²) in [6.07, 6.45) is -3.40. The van der Waals surface area contributed by atoms with E-state index in [1.54, 1.807) is 12.1 Å². The van der Waals surface area contributed by atoms with Gasteiger partial charge in [-0.2, -0.15) is 0 Å². The summed E-state index contributed by atoms with van der Waals surface area (Å²) in [6.45, 7) is 0. The van der Waals surface area contributed by atoms with Crippen molar-refractivity contribution < 1.29 is 27.4 Å². The summed E-state index contributed by atoms with van der Waals surface area (Å²) >= 11 is 11.9. The molecule has 0 N–H and O–H groups in total. The molecule has 0 saturated carbocycles. The molecule has 0 aromatic heterocycles. The van der Waals surface area contributed by atoms with Crippen molar-refractivity contribution in [3.05, 3.63) is 69.3 Å². The van der Waals surface area contributed by atoms with E-state index in [1.165, 1.54) is 24.3 Å². The largest absolute Gasteiger partial charge is 0.573 e. The Kier molecular flexibility index (Phi) is 4.93. The first-order valence-electron chi connectivity index (χ1n) is 7.05. The molecule has 3 rings (SSSR count). The highest BCUT2D eigenvalue weighted by Crippen LogP contribution is 2.27. The number of hydrogen-bond donors (Lipinski definition) is 0. The zero-order chi connectivity index (χ0) is 18.9. The Labute approximate surface area is 155 Å². The Balaban J connectivity index is 1.84. The number of alkyl halides is 3. The molecular formula is C17H8Cl2F3NO3. The van der Waals surface area contributed by atoms with E-state index in [2.05, 4.69) is 9.73 Å². The summed E-state index contributed by atoms with van der Waals surface area (Å²) in [7, 11) is 0. The van der Waals surface area contributed by atoms with Gasteiger partial charge in [-0.1, -0.05) is 35.3 Å². The first-order chi connectivity index (χ1) is 12.2. The fraction of sp³-hybridized carbons (Fsp3) is 0.0588. The predicted octanol–water partition coefficient (Wildman–Crippen LogP) is 5.24. The van der Waals surface area contributed by atoms with Gasteiger partial charge >= 0.3 is 12.3 Å². The lowest BCUT2D eigenvalue weighted by Gasteiger charge is -2.08. The van der Waals surface area contributed by atoms with Crippen molar-refractivity contribution in [3.8, 4) is 5.75 Å². The van der Waals surface area contributed by atoms with E-state index >= 15 is 0 Å². The second kappa shape index (κ2) is 7.01. The molecule has 2 aromatic rings. The molecule has 26 heavy (non-hydrogen) atoms. The van der Waals surface area contributed by atoms with Crippen LogP contribution in [0.15, 0.2) is 53.2 Å². The zero-order valence-electron chi connectivity index (χ0n) is 12.7. The summed E-state index contributed by atoms with van der Waals surface area (Å²) in [4.78, 5) is 16.0. The normalized spacial score (nSPS) is 15.8. The Morgan fingerprint density at radius 2 is 1.77 bits per heavy atom. The van der Waals surface area contributed by atoms with Gasteiger partial charge in [-0.15, -0.1) is 13.2 Å². The van der Waals surface area contributed by atoms with Gasteiger partial charge in [0.2, 0.25) is 5.90 Å². The molecule has 0 fully saturated rings. The number of halogens is 5. The number of benzene rings is 2. The second-order valence-electron chi connectivity index (χ2n) is 5.08. The van der Waals surface area contributed by atoms with Gasteiger partial charge in [0.25, 0.3) is 0 Å². The van der Waals surface area contributed by atoms with Crippen LogP contribution < -0.4 is 4.74 Å². The third-order valence-electron chi connectivity index (χ3n) is 3.20. The number of rotatable bonds is 3. The predicted molar refractivity (Wildman–Crippen MR) is 90.2 cm³/mol. The summed E-state index contributed by atoms with van der Waals surface area (Å²) in [6, 6.07) is 9.56. The molecule has 0 atom stereocenters. The smallest absolute Gasteiger partial charge is 0.406 e. The Morgan fingerprint density at radius 3 is 2.38 bits per heavy atom. The standard InChI is InChI=1S/C17H8Cl2F3NO3/c18-10-3-6-12(13(19)8-10)15-23-14(16(24)25-15)7-9-1-4-11(5-2-9)26-17(20,21)22/h1-8H. The highest BCUT2D eigenvalue weighted by atomic mass is 35.5. The molecule has 0 spiro atoms. The van der Waals surface area contributed by atoms with Crippen LogP contribution in [0.5, 0.6) is 5.75 Å². The SMILES string of the molecule is O=C1OC(c2ccc(Cl)cc2Cl)=NC1=Cc1ccc(OC(F)(F)F)cc1. The summed E-state index contributed by atoms with van der Waals surface area (Å²) in [5.41, 5.74) is 0.816. The van der Waals surface area contributed by atoms with Crippen molar-refractivity contribution in [1.82, 2.24) is 0 Å². The van der Waals surface area contributed by atoms with Gasteiger partial charge in [0, 0.05) is 5.02 Å². The van der Waals surface area contributed by atoms with Crippen LogP contribution in [0.2, 0.25) is 10.0 Å². The number of nitrogens with zero attached hydrogens (tertiary/aromatic N) is 1. The highest BCUT2D eigenvalue weighted by molar-refractivity contribution is 6.37. The molecule has 0 bridgehead atoms. The maximum absolute atomic E-state index is 12.2. The molecule has 0 aliphatic carbocycles. The molecule has 0 saturated heterocycles. The third kappa shape index (κ3) is 4.36. The van der Waals surface area contributed by atoms with E-state index in [-0.39, 0.29) is 22.4 Å². The number of aliphatic imine (C=N–C) groups is 1. The quantitative estimate of drug-likeness (QED) is 0.522. The van der Waals surface area contributed by atoms with Gasteiger partial charge in [0.05, 0.1) is 10.6 Å². The van der Waals surface area contributed by atoms with E-state index < -0.39 is 12.3 Å². The van der Waals surface area contributed by atoms with Gasteiger partial charge in [0.1, 0.15) is 5.75 Å². The van der Waals surface area contributed by atoms with Gasteiger partial charge in [-0.05, 0) is 42.0 Å². The summed E-state index contributed by atoms with van der Waals surface area (Å²) < 4.78 is 45.3. The molecule has 2 aromatic carbocycles. The molecule has 0 amide bonds. The highest BCUT2D eigenvalue weighted by Gasteiger charge is 2.31. The average molecular weight is 402 g/mol. The van der Waals surface area contributed by atoms with Crippen molar-refractivity contribution in [2.45, 2.75) is 6.36 Å². The molecule has 134 valence electrons. The van der Waals surface area contributed by atoms with Crippen LogP contribution in [0.4, 0.5) is 13.2 Å². The van der Waals surface area contributed by atoms with Crippen LogP contribution >= 0.6 is 23.2 Å². The van der Waals surface area contributed by atoms with Crippen molar-refractivity contribution in [1.29, 1.82) is 0 Å². The molecule has 0 radical (unpaired) electrons. The van der Waals surface area contributed by atoms with E-state index in [1.807, 2.05) is 0 Å². The molecule has 4 nitrogen and oxygen atoms in total. The topological polar surface area (TPSA) is 47.9 Å². The van der Waals surface area contributed by atoms with Crippen LogP contribution in [0.3, 0.4) is 0 Å². The van der Waals surface area contributed by atoms with Gasteiger partial charge in [0.15, 0.2) is 5.70 Å². The molecule has 1 aliphatic rings. The van der Waals surface area contributed by atoms with Crippen LogP contribution in [0.25, 0.3) is 6.08 Å². The van der Waals surface area contributed by atoms with Crippen molar-refractivity contribution in [2.75, 3.05) is 0 Å². The van der Waals surface area contributed by atoms with Crippen LogP contribution in [0, 0.1) is 0 Å². The average Bonchev–Trinajstić information content (AvgIpc) is 2.88. The fourth-order valence-corrected chi connectivity index (χ4v) is 2.60. The van der Waals surface area contributed by atoms with E-state index in [4.69, 9.17) is 27.9 Å². The third-order valence-corrected chi connectivity index (χ3v) is 3.75. The van der Waals surface area contributed by atoms with E-state index in [0.29, 0.717) is 16.1 Å². The number of hydrogen-bond acceptors (Lipinski definition) is 4. The van der Waals surface area contributed by atoms with Crippen molar-refractivity contribution >= 4 is 41.1 Å².